The van der Waals surface area contributed by atoms with Crippen molar-refractivity contribution in [3.63, 3.8) is 0 Å². The predicted molar refractivity (Wildman–Crippen MR) is 161 cm³/mol. The Hall–Kier alpha value is -2.82. The summed E-state index contributed by atoms with van der Waals surface area (Å²) in [5.74, 6) is 0.141. The zero-order chi connectivity index (χ0) is 32.7. The van der Waals surface area contributed by atoms with Crippen LogP contribution in [0.25, 0.3) is 0 Å². The summed E-state index contributed by atoms with van der Waals surface area (Å²) in [6, 6.07) is 13.9. The van der Waals surface area contributed by atoms with E-state index in [2.05, 4.69) is 50.4 Å². The summed E-state index contributed by atoms with van der Waals surface area (Å²) in [6.07, 6.45) is 3.47. The molecule has 5 fully saturated rings. The van der Waals surface area contributed by atoms with Crippen molar-refractivity contribution >= 4 is 5.97 Å². The average molecular weight is 644 g/mol. The minimum Gasteiger partial charge on any atom is -0.542 e. The second-order valence-corrected chi connectivity index (χ2v) is 14.9. The zero-order valence-corrected chi connectivity index (χ0v) is 27.1. The number of carboxylic acid groups (broad SMARTS) is 1. The molecule has 2 aromatic rings. The van der Waals surface area contributed by atoms with Gasteiger partial charge in [0.05, 0.1) is 51.9 Å². The molecule has 7 atom stereocenters. The number of benzene rings is 2. The molecule has 2 heterocycles. The molecule has 2 aliphatic heterocycles. The number of aliphatic carboxylic acids is 1. The molecule has 9 rings (SSSR count). The topological polar surface area (TPSA) is 77.0 Å². The lowest BCUT2D eigenvalue weighted by atomic mass is 9.34. The van der Waals surface area contributed by atoms with Gasteiger partial charge in [-0.05, 0) is 56.2 Å². The van der Waals surface area contributed by atoms with Crippen LogP contribution in [0.15, 0.2) is 36.4 Å². The van der Waals surface area contributed by atoms with Crippen molar-refractivity contribution in [2.24, 2.45) is 17.3 Å². The van der Waals surface area contributed by atoms with Gasteiger partial charge in [0, 0.05) is 42.8 Å². The van der Waals surface area contributed by atoms with Crippen molar-refractivity contribution in [1.82, 2.24) is 0 Å². The number of carbonyl (C=O) groups is 1. The lowest BCUT2D eigenvalue weighted by molar-refractivity contribution is -0.952. The minimum absolute atomic E-state index is 0.0121. The van der Waals surface area contributed by atoms with E-state index in [1.807, 2.05) is 7.11 Å². The summed E-state index contributed by atoms with van der Waals surface area (Å²) in [6.45, 7) is 6.09. The lowest BCUT2D eigenvalue weighted by Gasteiger charge is -2.74. The summed E-state index contributed by atoms with van der Waals surface area (Å²) in [5, 5.41) is 8.78. The molecule has 4 saturated carbocycles. The van der Waals surface area contributed by atoms with Gasteiger partial charge in [-0.1, -0.05) is 35.9 Å². The highest BCUT2D eigenvalue weighted by molar-refractivity contribution is 5.70. The van der Waals surface area contributed by atoms with Crippen LogP contribution in [0.4, 0.5) is 13.2 Å². The molecular weight excluding hydrogens is 599 g/mol. The van der Waals surface area contributed by atoms with Crippen molar-refractivity contribution < 1.29 is 46.5 Å². The molecule has 0 N–H and O–H groups in total. The lowest BCUT2D eigenvalue weighted by Crippen LogP contribution is -2.83. The maximum atomic E-state index is 10.5. The molecule has 0 amide bonds. The van der Waals surface area contributed by atoms with Gasteiger partial charge in [-0.25, -0.2) is 0 Å². The van der Waals surface area contributed by atoms with Crippen LogP contribution in [0.3, 0.4) is 0 Å². The molecule has 1 saturated heterocycles. The second kappa shape index (κ2) is 10.9. The number of nitrogens with zero attached hydrogens (tertiary/aromatic N) is 1. The molecule has 7 aliphatic rings. The van der Waals surface area contributed by atoms with E-state index in [0.29, 0.717) is 18.6 Å². The van der Waals surface area contributed by atoms with E-state index in [9.17, 15) is 13.2 Å². The highest BCUT2D eigenvalue weighted by Gasteiger charge is 2.83. The summed E-state index contributed by atoms with van der Waals surface area (Å²) in [4.78, 5) is 8.78. The van der Waals surface area contributed by atoms with E-state index in [1.54, 1.807) is 7.11 Å². The first kappa shape index (κ1) is 31.8. The van der Waals surface area contributed by atoms with Gasteiger partial charge >= 0.3 is 6.18 Å². The van der Waals surface area contributed by atoms with E-state index < -0.39 is 12.1 Å². The number of ether oxygens (including phenoxy) is 4. The van der Waals surface area contributed by atoms with Gasteiger partial charge in [-0.15, -0.1) is 0 Å². The fourth-order valence-corrected chi connectivity index (χ4v) is 10.6. The van der Waals surface area contributed by atoms with E-state index in [-0.39, 0.29) is 22.5 Å². The molecule has 0 aromatic heterocycles. The third-order valence-corrected chi connectivity index (χ3v) is 12.7. The normalized spacial score (nSPS) is 36.3. The Kier molecular flexibility index (Phi) is 7.49. The maximum absolute atomic E-state index is 10.5. The van der Waals surface area contributed by atoms with Crippen LogP contribution < -0.4 is 14.6 Å². The van der Waals surface area contributed by atoms with Crippen molar-refractivity contribution in [3.8, 4) is 11.5 Å². The first-order chi connectivity index (χ1) is 21.8. The Morgan fingerprint density at radius 1 is 1.09 bits per heavy atom. The van der Waals surface area contributed by atoms with Crippen molar-refractivity contribution in [1.29, 1.82) is 0 Å². The van der Waals surface area contributed by atoms with E-state index in [0.717, 1.165) is 36.9 Å². The van der Waals surface area contributed by atoms with Crippen molar-refractivity contribution in [2.75, 3.05) is 41.0 Å². The number of alkyl halides is 3. The Bertz CT molecular complexity index is 1510. The van der Waals surface area contributed by atoms with Gasteiger partial charge in [0.25, 0.3) is 0 Å². The van der Waals surface area contributed by atoms with Crippen LogP contribution in [-0.4, -0.2) is 75.3 Å². The van der Waals surface area contributed by atoms with E-state index >= 15 is 0 Å². The molecule has 2 aromatic carbocycles. The Morgan fingerprint density at radius 3 is 2.43 bits per heavy atom. The standard InChI is InChI=1S/C34H44NO4.C2HF3O2/c1-22-5-7-24(8-6-22)20-38-21-26-18-32-13-14-34(26,37-4)31-33(32)15-16-35(2,19-23-9-10-23)28(32)17-25-11-12-27(36-3)30(39-31)29(25)33;3-2(4,5)1(6)7/h5-8,11-12,23,26,28,31H,9-10,13-21H2,1-4H3;(H,6,7)/q+1;/p-1/t26-,28?,31-,32-,33+,34-,35?;/m1./s1. The molecular formula is C36H44F3NO6. The molecule has 0 radical (unpaired) electrons. The fraction of sp³-hybridized carbons (Fsp3) is 0.639. The number of halogens is 3. The number of hydrogen-bond donors (Lipinski definition) is 0. The first-order valence-corrected chi connectivity index (χ1v) is 16.5. The predicted octanol–water partition coefficient (Wildman–Crippen LogP) is 4.89. The molecule has 2 unspecified atom stereocenters. The van der Waals surface area contributed by atoms with Crippen molar-refractivity contribution in [2.45, 2.75) is 87.8 Å². The Morgan fingerprint density at radius 2 is 1.80 bits per heavy atom. The summed E-state index contributed by atoms with van der Waals surface area (Å²) < 4.78 is 59.1. The first-order valence-electron chi connectivity index (χ1n) is 16.5. The van der Waals surface area contributed by atoms with E-state index in [1.165, 1.54) is 71.9 Å². The van der Waals surface area contributed by atoms with Crippen LogP contribution >= 0.6 is 0 Å². The SMILES string of the molecule is COc1ccc2c3c1O[C@H]1[C@@]4(OC)CC[C@@]5(C[C@@H]4COCc4ccc(C)cc4)C(C2)[N+](C)(CC2CC2)CC[C@]315.O=C([O-])C(F)(F)F. The molecule has 10 heteroatoms. The molecule has 5 aliphatic carbocycles. The number of quaternary nitrogens is 1. The number of carboxylic acids is 1. The Balaban J connectivity index is 0.000000437. The number of likely N-dealkylation sites (tertiary alicyclic amines) is 1. The second-order valence-electron chi connectivity index (χ2n) is 14.9. The van der Waals surface area contributed by atoms with Gasteiger partial charge in [0.2, 0.25) is 0 Å². The third-order valence-electron chi connectivity index (χ3n) is 12.7. The van der Waals surface area contributed by atoms with Crippen molar-refractivity contribution in [3.05, 3.63) is 58.7 Å². The number of methoxy groups -OCH3 is 2. The molecule has 7 nitrogen and oxygen atoms in total. The number of likely N-dealkylation sites (N-methyl/N-ethyl adjacent to an activating group) is 1. The monoisotopic (exact) mass is 643 g/mol. The van der Waals surface area contributed by atoms with Gasteiger partial charge in [0.15, 0.2) is 11.5 Å². The van der Waals surface area contributed by atoms with Crippen LogP contribution in [0.1, 0.15) is 60.8 Å². The number of piperidine rings is 1. The quantitative estimate of drug-likeness (QED) is 0.382. The van der Waals surface area contributed by atoms with Gasteiger partial charge in [-0.2, -0.15) is 13.2 Å². The van der Waals surface area contributed by atoms with Gasteiger partial charge in [-0.3, -0.25) is 0 Å². The van der Waals surface area contributed by atoms with Crippen LogP contribution in [0, 0.1) is 24.2 Å². The largest absolute Gasteiger partial charge is 0.542 e. The number of hydrogen-bond acceptors (Lipinski definition) is 6. The molecule has 4 bridgehead atoms. The summed E-state index contributed by atoms with van der Waals surface area (Å²) >= 11 is 0. The summed E-state index contributed by atoms with van der Waals surface area (Å²) in [7, 11) is 6.32. The van der Waals surface area contributed by atoms with Gasteiger partial charge < -0.3 is 33.3 Å². The molecule has 2 spiro atoms. The number of rotatable bonds is 8. The molecule has 46 heavy (non-hydrogen) atoms. The molecule has 250 valence electrons. The number of fused-ring (bicyclic) bond motifs is 2. The number of carbonyl (C=O) groups excluding carboxylic acids is 1. The average Bonchev–Trinajstić information content (AvgIpc) is 3.75. The van der Waals surface area contributed by atoms with E-state index in [4.69, 9.17) is 28.8 Å². The maximum Gasteiger partial charge on any atom is 0.430 e. The number of aryl methyl sites for hydroxylation is 1. The minimum atomic E-state index is -5.19. The highest BCUT2D eigenvalue weighted by Crippen LogP contribution is 2.77. The smallest absolute Gasteiger partial charge is 0.430 e. The van der Waals surface area contributed by atoms with Crippen LogP contribution in [0.5, 0.6) is 11.5 Å². The fourth-order valence-electron chi connectivity index (χ4n) is 10.6. The van der Waals surface area contributed by atoms with Crippen LogP contribution in [0.2, 0.25) is 0 Å². The highest BCUT2D eigenvalue weighted by atomic mass is 19.4. The van der Waals surface area contributed by atoms with Crippen LogP contribution in [-0.2, 0) is 32.7 Å². The zero-order valence-electron chi connectivity index (χ0n) is 27.1. The Labute approximate surface area is 268 Å². The third kappa shape index (κ3) is 4.53. The van der Waals surface area contributed by atoms with Gasteiger partial charge in [0.1, 0.15) is 17.7 Å². The summed E-state index contributed by atoms with van der Waals surface area (Å²) in [5.41, 5.74) is 5.41.